The number of anilines is 2. The molecule has 1 saturated heterocycles. The van der Waals surface area contributed by atoms with Crippen LogP contribution in [-0.2, 0) is 11.3 Å². The minimum atomic E-state index is -0.477. The summed E-state index contributed by atoms with van der Waals surface area (Å²) in [5.41, 5.74) is 5.44. The Hall–Kier alpha value is -3.98. The van der Waals surface area contributed by atoms with Gasteiger partial charge in [-0.3, -0.25) is 9.88 Å². The summed E-state index contributed by atoms with van der Waals surface area (Å²) in [4.78, 5) is 33.6. The van der Waals surface area contributed by atoms with Gasteiger partial charge in [0, 0.05) is 50.2 Å². The summed E-state index contributed by atoms with van der Waals surface area (Å²) in [6.45, 7) is 11.4. The smallest absolute Gasteiger partial charge is 0.410 e. The Morgan fingerprint density at radius 2 is 1.86 bits per heavy atom. The molecule has 4 heterocycles. The zero-order chi connectivity index (χ0) is 26.0. The van der Waals surface area contributed by atoms with Crippen LogP contribution in [0.4, 0.5) is 16.6 Å². The molecule has 9 heteroatoms. The van der Waals surface area contributed by atoms with Crippen LogP contribution in [0.1, 0.15) is 32.0 Å². The lowest BCUT2D eigenvalue weighted by molar-refractivity contribution is 0.0139. The fraction of sp³-hybridized carbons (Fsp3) is 0.357. The van der Waals surface area contributed by atoms with Crippen LogP contribution >= 0.6 is 0 Å². The highest BCUT2D eigenvalue weighted by molar-refractivity contribution is 5.83. The van der Waals surface area contributed by atoms with Crippen LogP contribution in [0.3, 0.4) is 0 Å². The molecular weight excluding hydrogens is 466 g/mol. The van der Waals surface area contributed by atoms with Crippen molar-refractivity contribution in [1.29, 1.82) is 0 Å². The molecule has 0 saturated carbocycles. The average Bonchev–Trinajstić information content (AvgIpc) is 3.25. The first-order valence-electron chi connectivity index (χ1n) is 12.6. The maximum atomic E-state index is 12.3. The molecule has 0 atom stereocenters. The maximum Gasteiger partial charge on any atom is 0.410 e. The Kier molecular flexibility index (Phi) is 6.80. The van der Waals surface area contributed by atoms with Crippen molar-refractivity contribution in [3.8, 4) is 11.3 Å². The Morgan fingerprint density at radius 1 is 1.05 bits per heavy atom. The summed E-state index contributed by atoms with van der Waals surface area (Å²) in [5.74, 6) is 1.37. The summed E-state index contributed by atoms with van der Waals surface area (Å²) >= 11 is 0. The van der Waals surface area contributed by atoms with Crippen molar-refractivity contribution < 1.29 is 9.53 Å². The normalized spacial score (nSPS) is 14.6. The van der Waals surface area contributed by atoms with Crippen LogP contribution in [0.15, 0.2) is 54.7 Å². The molecule has 0 radical (unpaired) electrons. The number of pyridine rings is 2. The lowest BCUT2D eigenvalue weighted by atomic mass is 10.1. The number of amides is 1. The van der Waals surface area contributed by atoms with E-state index in [-0.39, 0.29) is 6.09 Å². The number of fused-ring (bicyclic) bond motifs is 1. The molecule has 5 rings (SSSR count). The fourth-order valence-corrected chi connectivity index (χ4v) is 4.37. The van der Waals surface area contributed by atoms with Crippen LogP contribution in [0.25, 0.3) is 22.3 Å². The number of nitrogens with zero attached hydrogens (tertiary/aromatic N) is 5. The molecule has 2 N–H and O–H groups in total. The number of nitrogens with one attached hydrogen (secondary N) is 2. The first-order valence-corrected chi connectivity index (χ1v) is 12.6. The number of hydrogen-bond acceptors (Lipinski definition) is 7. The standard InChI is InChI=1S/C28H33N7O2/c1-19-6-5-7-22(30-19)21-8-9-23-24(17-21)32-26(31-23)33-25-16-20(10-11-29-25)18-34-12-14-35(15-13-34)27(36)37-28(2,3)4/h5-11,16-17H,12-15,18H2,1-4H3,(H2,29,31,32,33). The van der Waals surface area contributed by atoms with Crippen LogP contribution in [-0.4, -0.2) is 67.6 Å². The monoisotopic (exact) mass is 499 g/mol. The van der Waals surface area contributed by atoms with Crippen LogP contribution in [0, 0.1) is 6.92 Å². The minimum absolute atomic E-state index is 0.240. The van der Waals surface area contributed by atoms with Gasteiger partial charge in [0.05, 0.1) is 16.7 Å². The van der Waals surface area contributed by atoms with Crippen molar-refractivity contribution in [3.05, 3.63) is 66.0 Å². The highest BCUT2D eigenvalue weighted by Gasteiger charge is 2.25. The highest BCUT2D eigenvalue weighted by atomic mass is 16.6. The number of rotatable bonds is 5. The number of aromatic nitrogens is 4. The van der Waals surface area contributed by atoms with Gasteiger partial charge < -0.3 is 19.9 Å². The number of aromatic amines is 1. The van der Waals surface area contributed by atoms with Crippen molar-refractivity contribution in [1.82, 2.24) is 29.7 Å². The van der Waals surface area contributed by atoms with E-state index in [9.17, 15) is 4.79 Å². The zero-order valence-corrected chi connectivity index (χ0v) is 21.8. The van der Waals surface area contributed by atoms with E-state index < -0.39 is 5.60 Å². The number of ether oxygens (including phenoxy) is 1. The van der Waals surface area contributed by atoms with E-state index in [0.717, 1.165) is 59.0 Å². The third-order valence-electron chi connectivity index (χ3n) is 6.17. The summed E-state index contributed by atoms with van der Waals surface area (Å²) < 4.78 is 5.50. The zero-order valence-electron chi connectivity index (χ0n) is 21.8. The molecule has 9 nitrogen and oxygen atoms in total. The third kappa shape index (κ3) is 6.24. The topological polar surface area (TPSA) is 99.3 Å². The largest absolute Gasteiger partial charge is 0.444 e. The van der Waals surface area contributed by atoms with Crippen LogP contribution in [0.5, 0.6) is 0 Å². The Labute approximate surface area is 216 Å². The summed E-state index contributed by atoms with van der Waals surface area (Å²) in [6, 6.07) is 16.2. The Balaban J connectivity index is 1.21. The summed E-state index contributed by atoms with van der Waals surface area (Å²) in [6.07, 6.45) is 1.56. The first-order chi connectivity index (χ1) is 17.7. The Bertz CT molecular complexity index is 1400. The number of hydrogen-bond donors (Lipinski definition) is 2. The van der Waals surface area contributed by atoms with Crippen molar-refractivity contribution >= 4 is 28.9 Å². The van der Waals surface area contributed by atoms with Gasteiger partial charge in [-0.1, -0.05) is 12.1 Å². The van der Waals surface area contributed by atoms with E-state index >= 15 is 0 Å². The van der Waals surface area contributed by atoms with E-state index in [1.807, 2.05) is 70.2 Å². The number of piperazine rings is 1. The van der Waals surface area contributed by atoms with Gasteiger partial charge in [-0.15, -0.1) is 0 Å². The number of imidazole rings is 1. The predicted molar refractivity (Wildman–Crippen MR) is 145 cm³/mol. The minimum Gasteiger partial charge on any atom is -0.444 e. The second-order valence-electron chi connectivity index (χ2n) is 10.4. The van der Waals surface area contributed by atoms with Crippen molar-refractivity contribution in [2.75, 3.05) is 31.5 Å². The summed E-state index contributed by atoms with van der Waals surface area (Å²) in [7, 11) is 0. The first kappa shape index (κ1) is 24.7. The van der Waals surface area contributed by atoms with E-state index in [1.54, 1.807) is 11.1 Å². The molecule has 0 bridgehead atoms. The van der Waals surface area contributed by atoms with Gasteiger partial charge >= 0.3 is 6.09 Å². The quantitative estimate of drug-likeness (QED) is 0.393. The average molecular weight is 500 g/mol. The number of benzene rings is 1. The molecule has 37 heavy (non-hydrogen) atoms. The lowest BCUT2D eigenvalue weighted by Crippen LogP contribution is -2.49. The van der Waals surface area contributed by atoms with Gasteiger partial charge in [0.2, 0.25) is 5.95 Å². The molecule has 3 aromatic heterocycles. The number of carbonyl (C=O) groups is 1. The molecule has 4 aromatic rings. The van der Waals surface area contributed by atoms with Gasteiger partial charge in [-0.2, -0.15) is 0 Å². The highest BCUT2D eigenvalue weighted by Crippen LogP contribution is 2.24. The van der Waals surface area contributed by atoms with Gasteiger partial charge in [0.15, 0.2) is 0 Å². The molecule has 0 aliphatic carbocycles. The molecule has 192 valence electrons. The third-order valence-corrected chi connectivity index (χ3v) is 6.17. The molecule has 0 unspecified atom stereocenters. The van der Waals surface area contributed by atoms with Crippen molar-refractivity contribution in [2.24, 2.45) is 0 Å². The van der Waals surface area contributed by atoms with Crippen LogP contribution < -0.4 is 5.32 Å². The van der Waals surface area contributed by atoms with E-state index in [0.29, 0.717) is 19.0 Å². The summed E-state index contributed by atoms with van der Waals surface area (Å²) in [5, 5.41) is 3.30. The second kappa shape index (κ2) is 10.2. The molecule has 1 amide bonds. The van der Waals surface area contributed by atoms with Gasteiger partial charge in [-0.05, 0) is 69.7 Å². The van der Waals surface area contributed by atoms with E-state index in [2.05, 4.69) is 36.2 Å². The number of H-pyrrole nitrogens is 1. The molecule has 1 aliphatic heterocycles. The molecule has 1 aromatic carbocycles. The van der Waals surface area contributed by atoms with E-state index in [4.69, 9.17) is 4.74 Å². The SMILES string of the molecule is Cc1cccc(-c2ccc3nc(Nc4cc(CN5CCN(C(=O)OC(C)(C)C)CC5)ccn4)[nH]c3c2)n1. The van der Waals surface area contributed by atoms with E-state index in [1.165, 1.54) is 0 Å². The number of carbonyl (C=O) groups excluding carboxylic acids is 1. The van der Waals surface area contributed by atoms with Gasteiger partial charge in [-0.25, -0.2) is 14.8 Å². The van der Waals surface area contributed by atoms with Crippen molar-refractivity contribution in [2.45, 2.75) is 39.8 Å². The molecule has 1 fully saturated rings. The van der Waals surface area contributed by atoms with Gasteiger partial charge in [0.25, 0.3) is 0 Å². The van der Waals surface area contributed by atoms with Crippen LogP contribution in [0.2, 0.25) is 0 Å². The fourth-order valence-electron chi connectivity index (χ4n) is 4.37. The second-order valence-corrected chi connectivity index (χ2v) is 10.4. The number of aryl methyl sites for hydroxylation is 1. The van der Waals surface area contributed by atoms with Crippen molar-refractivity contribution in [3.63, 3.8) is 0 Å². The lowest BCUT2D eigenvalue weighted by Gasteiger charge is -2.35. The molecule has 0 spiro atoms. The molecule has 1 aliphatic rings. The predicted octanol–water partition coefficient (Wildman–Crippen LogP) is 5.12. The Morgan fingerprint density at radius 3 is 2.62 bits per heavy atom. The maximum absolute atomic E-state index is 12.3. The molecular formula is C28H33N7O2. The van der Waals surface area contributed by atoms with Gasteiger partial charge in [0.1, 0.15) is 11.4 Å².